The molecule has 20 heavy (non-hydrogen) atoms. The molecule has 0 fully saturated rings. The van der Waals surface area contributed by atoms with E-state index in [4.69, 9.17) is 5.73 Å². The second-order valence-corrected chi connectivity index (χ2v) is 4.59. The first-order chi connectivity index (χ1) is 9.58. The zero-order valence-electron chi connectivity index (χ0n) is 11.2. The van der Waals surface area contributed by atoms with Crippen molar-refractivity contribution < 1.29 is 9.59 Å². The van der Waals surface area contributed by atoms with Gasteiger partial charge in [-0.25, -0.2) is 0 Å². The molecule has 0 saturated heterocycles. The highest BCUT2D eigenvalue weighted by atomic mass is 16.2. The molecular formula is C16H16N2O2. The van der Waals surface area contributed by atoms with Crippen molar-refractivity contribution in [3.8, 4) is 0 Å². The van der Waals surface area contributed by atoms with Crippen LogP contribution in [0.25, 0.3) is 0 Å². The van der Waals surface area contributed by atoms with Gasteiger partial charge in [-0.2, -0.15) is 0 Å². The van der Waals surface area contributed by atoms with E-state index in [9.17, 15) is 9.59 Å². The maximum absolute atomic E-state index is 12.2. The summed E-state index contributed by atoms with van der Waals surface area (Å²) in [5.74, 6) is -0.904. The highest BCUT2D eigenvalue weighted by Gasteiger charge is 2.20. The lowest BCUT2D eigenvalue weighted by atomic mass is 10.1. The van der Waals surface area contributed by atoms with Crippen LogP contribution in [0.15, 0.2) is 54.6 Å². The van der Waals surface area contributed by atoms with Crippen LogP contribution in [0.1, 0.15) is 27.5 Å². The van der Waals surface area contributed by atoms with E-state index in [1.165, 1.54) is 0 Å². The smallest absolute Gasteiger partial charge is 0.252 e. The molecule has 0 radical (unpaired) electrons. The summed E-state index contributed by atoms with van der Waals surface area (Å²) < 4.78 is 0. The van der Waals surface area contributed by atoms with Gasteiger partial charge in [-0.3, -0.25) is 9.59 Å². The minimum atomic E-state index is -0.829. The predicted molar refractivity (Wildman–Crippen MR) is 77.0 cm³/mol. The molecule has 2 aromatic carbocycles. The molecule has 0 saturated carbocycles. The van der Waals surface area contributed by atoms with Crippen LogP contribution in [0.3, 0.4) is 0 Å². The Bertz CT molecular complexity index is 623. The van der Waals surface area contributed by atoms with E-state index in [1.807, 2.05) is 19.1 Å². The Hall–Kier alpha value is -2.62. The molecule has 0 aliphatic carbocycles. The molecule has 0 aliphatic rings. The molecule has 4 heteroatoms. The van der Waals surface area contributed by atoms with Crippen LogP contribution in [-0.2, 0) is 4.79 Å². The maximum Gasteiger partial charge on any atom is 0.252 e. The zero-order chi connectivity index (χ0) is 14.5. The molecule has 2 amide bonds. The number of carbonyl (C=O) groups is 2. The lowest BCUT2D eigenvalue weighted by Crippen LogP contribution is -2.37. The van der Waals surface area contributed by atoms with Crippen LogP contribution in [0.5, 0.6) is 0 Å². The van der Waals surface area contributed by atoms with E-state index in [-0.39, 0.29) is 5.91 Å². The van der Waals surface area contributed by atoms with Crippen LogP contribution < -0.4 is 11.1 Å². The summed E-state index contributed by atoms with van der Waals surface area (Å²) in [5, 5.41) is 2.66. The van der Waals surface area contributed by atoms with Gasteiger partial charge in [0, 0.05) is 5.56 Å². The zero-order valence-corrected chi connectivity index (χ0v) is 11.2. The first-order valence-electron chi connectivity index (χ1n) is 6.29. The van der Waals surface area contributed by atoms with Gasteiger partial charge in [0.25, 0.3) is 5.91 Å². The Morgan fingerprint density at radius 1 is 1.05 bits per heavy atom. The monoisotopic (exact) mass is 268 g/mol. The third-order valence-corrected chi connectivity index (χ3v) is 2.97. The van der Waals surface area contributed by atoms with Crippen LogP contribution in [0, 0.1) is 6.92 Å². The average molecular weight is 268 g/mol. The molecule has 2 aromatic rings. The maximum atomic E-state index is 12.2. The lowest BCUT2D eigenvalue weighted by Gasteiger charge is -2.16. The van der Waals surface area contributed by atoms with Gasteiger partial charge >= 0.3 is 0 Å². The quantitative estimate of drug-likeness (QED) is 0.889. The second kappa shape index (κ2) is 6.02. The number of amides is 2. The fourth-order valence-corrected chi connectivity index (χ4v) is 1.96. The van der Waals surface area contributed by atoms with E-state index in [0.717, 1.165) is 5.56 Å². The molecule has 0 aromatic heterocycles. The third kappa shape index (κ3) is 3.23. The number of benzene rings is 2. The van der Waals surface area contributed by atoms with Crippen LogP contribution in [0.4, 0.5) is 0 Å². The molecule has 1 unspecified atom stereocenters. The topological polar surface area (TPSA) is 72.2 Å². The molecule has 0 spiro atoms. The molecule has 4 nitrogen and oxygen atoms in total. The van der Waals surface area contributed by atoms with Crippen molar-refractivity contribution in [3.05, 3.63) is 71.3 Å². The van der Waals surface area contributed by atoms with Crippen molar-refractivity contribution in [2.24, 2.45) is 5.73 Å². The number of aryl methyl sites for hydroxylation is 1. The van der Waals surface area contributed by atoms with E-state index >= 15 is 0 Å². The SMILES string of the molecule is Cc1cccc(C(=O)NC(C(N)=O)c2ccccc2)c1. The van der Waals surface area contributed by atoms with Crippen LogP contribution in [0.2, 0.25) is 0 Å². The van der Waals surface area contributed by atoms with E-state index < -0.39 is 11.9 Å². The summed E-state index contributed by atoms with van der Waals surface area (Å²) in [5.41, 5.74) is 7.53. The number of hydrogen-bond donors (Lipinski definition) is 2. The fraction of sp³-hybridized carbons (Fsp3) is 0.125. The minimum Gasteiger partial charge on any atom is -0.368 e. The van der Waals surface area contributed by atoms with Gasteiger partial charge in [0.15, 0.2) is 0 Å². The van der Waals surface area contributed by atoms with Crippen molar-refractivity contribution in [2.45, 2.75) is 13.0 Å². The Balaban J connectivity index is 2.21. The summed E-state index contributed by atoms with van der Waals surface area (Å²) in [4.78, 5) is 23.7. The van der Waals surface area contributed by atoms with E-state index in [0.29, 0.717) is 11.1 Å². The second-order valence-electron chi connectivity index (χ2n) is 4.59. The Labute approximate surface area is 117 Å². The van der Waals surface area contributed by atoms with Crippen LogP contribution >= 0.6 is 0 Å². The van der Waals surface area contributed by atoms with Gasteiger partial charge in [0.1, 0.15) is 6.04 Å². The number of hydrogen-bond acceptors (Lipinski definition) is 2. The normalized spacial score (nSPS) is 11.7. The number of nitrogens with two attached hydrogens (primary N) is 1. The van der Waals surface area contributed by atoms with E-state index in [1.54, 1.807) is 42.5 Å². The summed E-state index contributed by atoms with van der Waals surface area (Å²) in [6.45, 7) is 1.90. The summed E-state index contributed by atoms with van der Waals surface area (Å²) in [6, 6.07) is 15.3. The number of rotatable bonds is 4. The molecule has 102 valence electrons. The number of nitrogens with one attached hydrogen (secondary N) is 1. The first-order valence-corrected chi connectivity index (χ1v) is 6.29. The summed E-state index contributed by atoms with van der Waals surface area (Å²) in [7, 11) is 0. The molecule has 0 aliphatic heterocycles. The van der Waals surface area contributed by atoms with Gasteiger partial charge in [0.2, 0.25) is 5.91 Å². The predicted octanol–water partition coefficient (Wildman–Crippen LogP) is 1.95. The van der Waals surface area contributed by atoms with Gasteiger partial charge in [0.05, 0.1) is 0 Å². The van der Waals surface area contributed by atoms with Crippen LogP contribution in [-0.4, -0.2) is 11.8 Å². The Kier molecular flexibility index (Phi) is 4.15. The molecule has 3 N–H and O–H groups in total. The molecule has 2 rings (SSSR count). The third-order valence-electron chi connectivity index (χ3n) is 2.97. The average Bonchev–Trinajstić information content (AvgIpc) is 2.45. The molecule has 1 atom stereocenters. The van der Waals surface area contributed by atoms with Gasteiger partial charge < -0.3 is 11.1 Å². The van der Waals surface area contributed by atoms with E-state index in [2.05, 4.69) is 5.32 Å². The molecular weight excluding hydrogens is 252 g/mol. The lowest BCUT2D eigenvalue weighted by molar-refractivity contribution is -0.120. The van der Waals surface area contributed by atoms with Crippen molar-refractivity contribution in [2.75, 3.05) is 0 Å². The fourth-order valence-electron chi connectivity index (χ4n) is 1.96. The summed E-state index contributed by atoms with van der Waals surface area (Å²) >= 11 is 0. The van der Waals surface area contributed by atoms with Crippen molar-refractivity contribution in [1.29, 1.82) is 0 Å². The standard InChI is InChI=1S/C16H16N2O2/c1-11-6-5-9-13(10-11)16(20)18-14(15(17)19)12-7-3-2-4-8-12/h2-10,14H,1H3,(H2,17,19)(H,18,20). The van der Waals surface area contributed by atoms with Crippen molar-refractivity contribution in [1.82, 2.24) is 5.32 Å². The Morgan fingerprint density at radius 2 is 1.75 bits per heavy atom. The molecule has 0 bridgehead atoms. The highest BCUT2D eigenvalue weighted by molar-refractivity contribution is 5.97. The van der Waals surface area contributed by atoms with Gasteiger partial charge in [-0.15, -0.1) is 0 Å². The minimum absolute atomic E-state index is 0.318. The number of primary amides is 1. The van der Waals surface area contributed by atoms with Gasteiger partial charge in [-0.05, 0) is 24.6 Å². The van der Waals surface area contributed by atoms with Crippen molar-refractivity contribution in [3.63, 3.8) is 0 Å². The first kappa shape index (κ1) is 13.8. The molecule has 0 heterocycles. The summed E-state index contributed by atoms with van der Waals surface area (Å²) in [6.07, 6.45) is 0. The highest BCUT2D eigenvalue weighted by Crippen LogP contribution is 2.13. The van der Waals surface area contributed by atoms with Gasteiger partial charge in [-0.1, -0.05) is 48.0 Å². The number of carbonyl (C=O) groups excluding carboxylic acids is 2. The largest absolute Gasteiger partial charge is 0.368 e. The van der Waals surface area contributed by atoms with Crippen molar-refractivity contribution >= 4 is 11.8 Å². The Morgan fingerprint density at radius 3 is 2.35 bits per heavy atom.